The van der Waals surface area contributed by atoms with Crippen LogP contribution in [0.2, 0.25) is 0 Å². The summed E-state index contributed by atoms with van der Waals surface area (Å²) in [7, 11) is 1.63. The zero-order valence-electron chi connectivity index (χ0n) is 13.0. The van der Waals surface area contributed by atoms with Crippen LogP contribution < -0.4 is 4.74 Å². The molecule has 2 rings (SSSR count). The molecule has 1 aliphatic rings. The van der Waals surface area contributed by atoms with Crippen molar-refractivity contribution in [2.24, 2.45) is 5.92 Å². The Bertz CT molecular complexity index is 478. The van der Waals surface area contributed by atoms with Crippen LogP contribution in [-0.2, 0) is 9.53 Å². The van der Waals surface area contributed by atoms with Crippen molar-refractivity contribution < 1.29 is 19.4 Å². The molecule has 1 N–H and O–H groups in total. The number of rotatable bonds is 5. The third-order valence-electron chi connectivity index (χ3n) is 4.24. The third kappa shape index (κ3) is 4.21. The molecule has 0 aromatic heterocycles. The predicted octanol–water partition coefficient (Wildman–Crippen LogP) is 3.46. The lowest BCUT2D eigenvalue weighted by molar-refractivity contribution is -0.138. The maximum Gasteiger partial charge on any atom is 0.303 e. The molecule has 0 radical (unpaired) electrons. The number of methoxy groups -OCH3 is 1. The molecule has 0 unspecified atom stereocenters. The van der Waals surface area contributed by atoms with Crippen molar-refractivity contribution in [1.82, 2.24) is 0 Å². The summed E-state index contributed by atoms with van der Waals surface area (Å²) in [5.74, 6) is 0.398. The van der Waals surface area contributed by atoms with E-state index in [2.05, 4.69) is 13.8 Å². The van der Waals surface area contributed by atoms with Gasteiger partial charge in [-0.25, -0.2) is 0 Å². The fourth-order valence-corrected chi connectivity index (χ4v) is 3.22. The van der Waals surface area contributed by atoms with Crippen LogP contribution in [0.3, 0.4) is 0 Å². The molecule has 4 heteroatoms. The average molecular weight is 292 g/mol. The first-order chi connectivity index (χ1) is 9.91. The summed E-state index contributed by atoms with van der Waals surface area (Å²) in [6.07, 6.45) is 1.96. The fraction of sp³-hybridized carbons (Fsp3) is 0.588. The van der Waals surface area contributed by atoms with Gasteiger partial charge in [0.2, 0.25) is 0 Å². The molecular formula is C17H24O4. The van der Waals surface area contributed by atoms with E-state index in [1.807, 2.05) is 24.3 Å². The van der Waals surface area contributed by atoms with E-state index in [0.29, 0.717) is 12.5 Å². The lowest BCUT2D eigenvalue weighted by Gasteiger charge is -2.39. The summed E-state index contributed by atoms with van der Waals surface area (Å²) in [4.78, 5) is 11.3. The minimum Gasteiger partial charge on any atom is -0.497 e. The van der Waals surface area contributed by atoms with Crippen molar-refractivity contribution >= 4 is 5.97 Å². The number of hydrogen-bond donors (Lipinski definition) is 1. The van der Waals surface area contributed by atoms with Gasteiger partial charge in [-0.2, -0.15) is 0 Å². The van der Waals surface area contributed by atoms with Crippen molar-refractivity contribution in [2.45, 2.75) is 44.6 Å². The SMILES string of the molecule is COc1ccc([C@@H](CC(=O)O)[C@H]2CCOC(C)(C)C2)cc1. The first-order valence-corrected chi connectivity index (χ1v) is 7.41. The van der Waals surface area contributed by atoms with Gasteiger partial charge in [0.05, 0.1) is 19.1 Å². The topological polar surface area (TPSA) is 55.8 Å². The molecular weight excluding hydrogens is 268 g/mol. The Morgan fingerprint density at radius 1 is 1.43 bits per heavy atom. The fourth-order valence-electron chi connectivity index (χ4n) is 3.22. The molecule has 21 heavy (non-hydrogen) atoms. The third-order valence-corrected chi connectivity index (χ3v) is 4.24. The first-order valence-electron chi connectivity index (χ1n) is 7.41. The summed E-state index contributed by atoms with van der Waals surface area (Å²) in [5, 5.41) is 9.25. The van der Waals surface area contributed by atoms with Gasteiger partial charge < -0.3 is 14.6 Å². The summed E-state index contributed by atoms with van der Waals surface area (Å²) in [6.45, 7) is 4.85. The van der Waals surface area contributed by atoms with Crippen LogP contribution in [0.25, 0.3) is 0 Å². The van der Waals surface area contributed by atoms with Crippen LogP contribution in [-0.4, -0.2) is 30.4 Å². The molecule has 1 aliphatic heterocycles. The second-order valence-electron chi connectivity index (χ2n) is 6.34. The second kappa shape index (κ2) is 6.48. The van der Waals surface area contributed by atoms with Crippen LogP contribution in [0.15, 0.2) is 24.3 Å². The van der Waals surface area contributed by atoms with Gasteiger partial charge in [0.1, 0.15) is 5.75 Å². The molecule has 1 fully saturated rings. The van der Waals surface area contributed by atoms with Crippen molar-refractivity contribution in [1.29, 1.82) is 0 Å². The normalized spacial score (nSPS) is 22.5. The van der Waals surface area contributed by atoms with E-state index in [0.717, 1.165) is 24.2 Å². The quantitative estimate of drug-likeness (QED) is 0.903. The van der Waals surface area contributed by atoms with Crippen LogP contribution in [0.4, 0.5) is 0 Å². The smallest absolute Gasteiger partial charge is 0.303 e. The Kier molecular flexibility index (Phi) is 4.88. The minimum atomic E-state index is -0.750. The van der Waals surface area contributed by atoms with Gasteiger partial charge in [0.15, 0.2) is 0 Å². The molecule has 4 nitrogen and oxygen atoms in total. The summed E-state index contributed by atoms with van der Waals surface area (Å²) in [6, 6.07) is 7.76. The Morgan fingerprint density at radius 3 is 2.62 bits per heavy atom. The highest BCUT2D eigenvalue weighted by molar-refractivity contribution is 5.68. The monoisotopic (exact) mass is 292 g/mol. The van der Waals surface area contributed by atoms with Gasteiger partial charge in [-0.1, -0.05) is 12.1 Å². The number of carboxylic acids is 1. The molecule has 1 saturated heterocycles. The molecule has 1 aromatic carbocycles. The number of hydrogen-bond acceptors (Lipinski definition) is 3. The van der Waals surface area contributed by atoms with E-state index >= 15 is 0 Å². The van der Waals surface area contributed by atoms with Crippen LogP contribution in [0.5, 0.6) is 5.75 Å². The number of carboxylic acid groups (broad SMARTS) is 1. The molecule has 0 spiro atoms. The van der Waals surface area contributed by atoms with Gasteiger partial charge in [-0.3, -0.25) is 4.79 Å². The van der Waals surface area contributed by atoms with Crippen molar-refractivity contribution in [3.05, 3.63) is 29.8 Å². The lowest BCUT2D eigenvalue weighted by atomic mass is 9.75. The van der Waals surface area contributed by atoms with Crippen molar-refractivity contribution in [3.8, 4) is 5.75 Å². The van der Waals surface area contributed by atoms with E-state index in [-0.39, 0.29) is 17.9 Å². The van der Waals surface area contributed by atoms with E-state index < -0.39 is 5.97 Å². The molecule has 1 heterocycles. The van der Waals surface area contributed by atoms with E-state index in [1.165, 1.54) is 0 Å². The van der Waals surface area contributed by atoms with Crippen molar-refractivity contribution in [2.75, 3.05) is 13.7 Å². The zero-order valence-corrected chi connectivity index (χ0v) is 13.0. The van der Waals surface area contributed by atoms with Crippen LogP contribution in [0.1, 0.15) is 44.6 Å². The molecule has 2 atom stereocenters. The molecule has 0 amide bonds. The summed E-state index contributed by atoms with van der Waals surface area (Å²) in [5.41, 5.74) is 0.896. The highest BCUT2D eigenvalue weighted by atomic mass is 16.5. The van der Waals surface area contributed by atoms with Gasteiger partial charge in [-0.15, -0.1) is 0 Å². The Balaban J connectivity index is 2.22. The van der Waals surface area contributed by atoms with E-state index in [1.54, 1.807) is 7.11 Å². The highest BCUT2D eigenvalue weighted by Gasteiger charge is 2.35. The molecule has 0 bridgehead atoms. The highest BCUT2D eigenvalue weighted by Crippen LogP contribution is 2.40. The number of benzene rings is 1. The average Bonchev–Trinajstić information content (AvgIpc) is 2.43. The van der Waals surface area contributed by atoms with Crippen molar-refractivity contribution in [3.63, 3.8) is 0 Å². The first kappa shape index (κ1) is 15.8. The van der Waals surface area contributed by atoms with Gasteiger partial charge in [-0.05, 0) is 56.2 Å². The minimum absolute atomic E-state index is 0.0246. The maximum atomic E-state index is 11.3. The Hall–Kier alpha value is -1.55. The summed E-state index contributed by atoms with van der Waals surface area (Å²) < 4.78 is 10.9. The Labute approximate surface area is 126 Å². The predicted molar refractivity (Wildman–Crippen MR) is 80.7 cm³/mol. The molecule has 116 valence electrons. The summed E-state index contributed by atoms with van der Waals surface area (Å²) >= 11 is 0. The van der Waals surface area contributed by atoms with Gasteiger partial charge >= 0.3 is 5.97 Å². The van der Waals surface area contributed by atoms with Crippen LogP contribution in [0, 0.1) is 5.92 Å². The van der Waals surface area contributed by atoms with Crippen LogP contribution >= 0.6 is 0 Å². The number of aliphatic carboxylic acids is 1. The van der Waals surface area contributed by atoms with E-state index in [9.17, 15) is 9.90 Å². The van der Waals surface area contributed by atoms with E-state index in [4.69, 9.17) is 9.47 Å². The molecule has 0 saturated carbocycles. The molecule has 0 aliphatic carbocycles. The second-order valence-corrected chi connectivity index (χ2v) is 6.34. The number of ether oxygens (including phenoxy) is 2. The molecule has 1 aromatic rings. The van der Waals surface area contributed by atoms with Gasteiger partial charge in [0, 0.05) is 6.61 Å². The Morgan fingerprint density at radius 2 is 2.10 bits per heavy atom. The number of carbonyl (C=O) groups is 1. The zero-order chi connectivity index (χ0) is 15.5. The maximum absolute atomic E-state index is 11.3. The standard InChI is InChI=1S/C17H24O4/c1-17(2)11-13(8-9-21-17)15(10-16(18)19)12-4-6-14(20-3)7-5-12/h4-7,13,15H,8-11H2,1-3H3,(H,18,19)/t13-,15+/m0/s1. The van der Waals surface area contributed by atoms with Gasteiger partial charge in [0.25, 0.3) is 0 Å². The largest absolute Gasteiger partial charge is 0.497 e. The lowest BCUT2D eigenvalue weighted by Crippen LogP contribution is -2.36.